The zero-order chi connectivity index (χ0) is 22.1. The highest BCUT2D eigenvalue weighted by Gasteiger charge is 2.13. The van der Waals surface area contributed by atoms with Crippen molar-refractivity contribution in [2.24, 2.45) is 0 Å². The Morgan fingerprint density at radius 1 is 1.13 bits per heavy atom. The van der Waals surface area contributed by atoms with Crippen molar-refractivity contribution in [1.29, 1.82) is 0 Å². The van der Waals surface area contributed by atoms with Gasteiger partial charge in [-0.15, -0.1) is 0 Å². The molecule has 4 N–H and O–H groups in total. The summed E-state index contributed by atoms with van der Waals surface area (Å²) in [5.74, 6) is 0.587. The first-order valence-corrected chi connectivity index (χ1v) is 10.0. The van der Waals surface area contributed by atoms with Crippen molar-refractivity contribution in [2.45, 2.75) is 32.7 Å². The fourth-order valence-electron chi connectivity index (χ4n) is 2.66. The molecule has 0 aliphatic heterocycles. The van der Waals surface area contributed by atoms with E-state index in [1.807, 2.05) is 32.8 Å². The number of carbonyl (C=O) groups excluding carboxylic acids is 1. The van der Waals surface area contributed by atoms with Gasteiger partial charge in [0.1, 0.15) is 18.2 Å². The van der Waals surface area contributed by atoms with E-state index < -0.39 is 5.82 Å². The van der Waals surface area contributed by atoms with Crippen molar-refractivity contribution in [3.05, 3.63) is 42.2 Å². The van der Waals surface area contributed by atoms with Gasteiger partial charge in [0.05, 0.1) is 5.69 Å². The number of ether oxygens (including phenoxy) is 2. The van der Waals surface area contributed by atoms with Crippen LogP contribution >= 0.6 is 0 Å². The Balaban J connectivity index is 2.18. The van der Waals surface area contributed by atoms with Gasteiger partial charge in [-0.3, -0.25) is 0 Å². The van der Waals surface area contributed by atoms with E-state index in [9.17, 15) is 9.18 Å². The summed E-state index contributed by atoms with van der Waals surface area (Å²) in [6, 6.07) is 9.13. The predicted octanol–water partition coefficient (Wildman–Crippen LogP) is 4.45. The minimum absolute atomic E-state index is 0.0489. The van der Waals surface area contributed by atoms with Gasteiger partial charge in [0.15, 0.2) is 11.5 Å². The SMILES string of the molecule is CCC(CC)NC(=O)Nc1ccc(Oc2ccc(N)c(F)c2)c(OCCN(C)C)c1. The van der Waals surface area contributed by atoms with Crippen LogP contribution in [-0.2, 0) is 0 Å². The standard InChI is InChI=1S/C22H31FN4O3/c1-5-15(6-2)25-22(28)26-16-7-10-20(21(13-16)29-12-11-27(3)4)30-17-8-9-19(24)18(23)14-17/h7-10,13-15H,5-6,11-12,24H2,1-4H3,(H2,25,26,28). The predicted molar refractivity (Wildman–Crippen MR) is 118 cm³/mol. The smallest absolute Gasteiger partial charge is 0.319 e. The first-order valence-electron chi connectivity index (χ1n) is 10.0. The second-order valence-corrected chi connectivity index (χ2v) is 7.21. The van der Waals surface area contributed by atoms with Crippen LogP contribution < -0.4 is 25.8 Å². The summed E-state index contributed by atoms with van der Waals surface area (Å²) in [7, 11) is 3.89. The number of hydrogen-bond acceptors (Lipinski definition) is 5. The molecule has 30 heavy (non-hydrogen) atoms. The number of amides is 2. The molecule has 7 nitrogen and oxygen atoms in total. The van der Waals surface area contributed by atoms with Crippen LogP contribution in [0.2, 0.25) is 0 Å². The van der Waals surface area contributed by atoms with Gasteiger partial charge >= 0.3 is 6.03 Å². The molecular weight excluding hydrogens is 387 g/mol. The highest BCUT2D eigenvalue weighted by Crippen LogP contribution is 2.35. The topological polar surface area (TPSA) is 88.8 Å². The fourth-order valence-corrected chi connectivity index (χ4v) is 2.66. The van der Waals surface area contributed by atoms with Crippen molar-refractivity contribution in [3.63, 3.8) is 0 Å². The second-order valence-electron chi connectivity index (χ2n) is 7.21. The Bertz CT molecular complexity index is 841. The van der Waals surface area contributed by atoms with E-state index in [-0.39, 0.29) is 17.8 Å². The fraction of sp³-hybridized carbons (Fsp3) is 0.409. The number of urea groups is 1. The first kappa shape index (κ1) is 23.3. The molecule has 2 rings (SSSR count). The maximum Gasteiger partial charge on any atom is 0.319 e. The summed E-state index contributed by atoms with van der Waals surface area (Å²) in [6.07, 6.45) is 1.71. The quantitative estimate of drug-likeness (QED) is 0.496. The number of anilines is 2. The molecule has 2 aromatic rings. The van der Waals surface area contributed by atoms with Crippen molar-refractivity contribution < 1.29 is 18.7 Å². The van der Waals surface area contributed by atoms with Crippen LogP contribution in [0, 0.1) is 5.82 Å². The molecule has 0 aliphatic carbocycles. The summed E-state index contributed by atoms with van der Waals surface area (Å²) >= 11 is 0. The van der Waals surface area contributed by atoms with Gasteiger partial charge in [-0.1, -0.05) is 13.8 Å². The van der Waals surface area contributed by atoms with Crippen LogP contribution in [0.3, 0.4) is 0 Å². The van der Waals surface area contributed by atoms with Gasteiger partial charge in [0.25, 0.3) is 0 Å². The van der Waals surface area contributed by atoms with Crippen molar-refractivity contribution in [2.75, 3.05) is 38.3 Å². The van der Waals surface area contributed by atoms with Crippen LogP contribution in [0.1, 0.15) is 26.7 Å². The van der Waals surface area contributed by atoms with E-state index in [0.717, 1.165) is 12.8 Å². The van der Waals surface area contributed by atoms with Crippen LogP contribution in [0.15, 0.2) is 36.4 Å². The lowest BCUT2D eigenvalue weighted by molar-refractivity contribution is 0.247. The van der Waals surface area contributed by atoms with E-state index >= 15 is 0 Å². The van der Waals surface area contributed by atoms with Crippen LogP contribution in [0.25, 0.3) is 0 Å². The minimum atomic E-state index is -0.557. The molecule has 0 saturated heterocycles. The number of halogens is 1. The number of nitrogens with two attached hydrogens (primary N) is 1. The van der Waals surface area contributed by atoms with Crippen molar-refractivity contribution in [1.82, 2.24) is 10.2 Å². The lowest BCUT2D eigenvalue weighted by Crippen LogP contribution is -2.37. The Kier molecular flexibility index (Phi) is 8.73. The average Bonchev–Trinajstić information content (AvgIpc) is 2.70. The molecule has 0 spiro atoms. The zero-order valence-corrected chi connectivity index (χ0v) is 18.0. The van der Waals surface area contributed by atoms with E-state index in [2.05, 4.69) is 10.6 Å². The molecule has 0 aromatic heterocycles. The number of benzene rings is 2. The molecule has 2 amide bonds. The molecule has 0 heterocycles. The van der Waals surface area contributed by atoms with Gasteiger partial charge in [0, 0.05) is 30.4 Å². The molecular formula is C22H31FN4O3. The normalized spacial score (nSPS) is 10.9. The lowest BCUT2D eigenvalue weighted by Gasteiger charge is -2.18. The van der Waals surface area contributed by atoms with E-state index in [0.29, 0.717) is 36.1 Å². The maximum atomic E-state index is 13.7. The second kappa shape index (κ2) is 11.3. The average molecular weight is 419 g/mol. The number of likely N-dealkylation sites (N-methyl/N-ethyl adjacent to an activating group) is 1. The molecule has 0 aliphatic rings. The summed E-state index contributed by atoms with van der Waals surface area (Å²) in [6.45, 7) is 5.17. The minimum Gasteiger partial charge on any atom is -0.488 e. The maximum absolute atomic E-state index is 13.7. The third kappa shape index (κ3) is 7.11. The number of rotatable bonds is 10. The van der Waals surface area contributed by atoms with E-state index in [4.69, 9.17) is 15.2 Å². The largest absolute Gasteiger partial charge is 0.488 e. The molecule has 0 radical (unpaired) electrons. The van der Waals surface area contributed by atoms with Crippen molar-refractivity contribution >= 4 is 17.4 Å². The molecule has 0 unspecified atom stereocenters. The Morgan fingerprint density at radius 3 is 2.50 bits per heavy atom. The summed E-state index contributed by atoms with van der Waals surface area (Å²) in [4.78, 5) is 14.2. The molecule has 0 saturated carbocycles. The monoisotopic (exact) mass is 418 g/mol. The van der Waals surface area contributed by atoms with Crippen LogP contribution in [-0.4, -0.2) is 44.2 Å². The number of carbonyl (C=O) groups is 1. The molecule has 0 fully saturated rings. The lowest BCUT2D eigenvalue weighted by atomic mass is 10.2. The van der Waals surface area contributed by atoms with Crippen LogP contribution in [0.4, 0.5) is 20.6 Å². The number of nitrogen functional groups attached to an aromatic ring is 1. The summed E-state index contributed by atoms with van der Waals surface area (Å²) in [5, 5.41) is 5.74. The molecule has 0 bridgehead atoms. The summed E-state index contributed by atoms with van der Waals surface area (Å²) in [5.41, 5.74) is 6.13. The molecule has 0 atom stereocenters. The third-order valence-corrected chi connectivity index (χ3v) is 4.52. The molecule has 164 valence electrons. The number of hydrogen-bond donors (Lipinski definition) is 3. The highest BCUT2D eigenvalue weighted by molar-refractivity contribution is 5.89. The molecule has 2 aromatic carbocycles. The van der Waals surface area contributed by atoms with Crippen molar-refractivity contribution in [3.8, 4) is 17.2 Å². The number of nitrogens with one attached hydrogen (secondary N) is 2. The van der Waals surface area contributed by atoms with Gasteiger partial charge in [0.2, 0.25) is 0 Å². The Morgan fingerprint density at radius 2 is 1.87 bits per heavy atom. The van der Waals surface area contributed by atoms with Gasteiger partial charge in [-0.05, 0) is 51.2 Å². The highest BCUT2D eigenvalue weighted by atomic mass is 19.1. The van der Waals surface area contributed by atoms with E-state index in [1.54, 1.807) is 24.3 Å². The zero-order valence-electron chi connectivity index (χ0n) is 18.0. The van der Waals surface area contributed by atoms with Gasteiger partial charge in [-0.25, -0.2) is 9.18 Å². The Hall–Kier alpha value is -3.00. The Labute approximate surface area is 177 Å². The number of nitrogens with zero attached hydrogens (tertiary/aromatic N) is 1. The van der Waals surface area contributed by atoms with E-state index in [1.165, 1.54) is 12.1 Å². The van der Waals surface area contributed by atoms with Gasteiger partial charge < -0.3 is 30.7 Å². The first-order chi connectivity index (χ1) is 14.3. The summed E-state index contributed by atoms with van der Waals surface area (Å²) < 4.78 is 25.4. The van der Waals surface area contributed by atoms with Crippen LogP contribution in [0.5, 0.6) is 17.2 Å². The molecule has 8 heteroatoms. The third-order valence-electron chi connectivity index (χ3n) is 4.52. The van der Waals surface area contributed by atoms with Gasteiger partial charge in [-0.2, -0.15) is 0 Å².